The molecule has 0 heterocycles. The molecule has 1 atom stereocenters. The molecule has 0 bridgehead atoms. The van der Waals surface area contributed by atoms with Gasteiger partial charge in [-0.1, -0.05) is 54.6 Å². The fourth-order valence-electron chi connectivity index (χ4n) is 2.53. The summed E-state index contributed by atoms with van der Waals surface area (Å²) in [5.74, 6) is 0.312. The maximum absolute atomic E-state index is 10.9. The van der Waals surface area contributed by atoms with E-state index < -0.39 is 12.0 Å². The van der Waals surface area contributed by atoms with Gasteiger partial charge in [0.2, 0.25) is 0 Å². The number of hydrogen-bond donors (Lipinski definition) is 2. The SMILES string of the molecule is NC(C(=O)O)c1ccc(Oc2ccc(Cc3ccccc3)cc2)cc1. The number of carboxylic acid groups (broad SMARTS) is 1. The van der Waals surface area contributed by atoms with Crippen molar-refractivity contribution in [1.82, 2.24) is 0 Å². The first kappa shape index (κ1) is 16.7. The molecule has 4 nitrogen and oxygen atoms in total. The first-order valence-electron chi connectivity index (χ1n) is 8.01. The molecule has 0 amide bonds. The van der Waals surface area contributed by atoms with E-state index in [1.165, 1.54) is 11.1 Å². The summed E-state index contributed by atoms with van der Waals surface area (Å²) in [4.78, 5) is 10.9. The van der Waals surface area contributed by atoms with Crippen LogP contribution in [0.2, 0.25) is 0 Å². The lowest BCUT2D eigenvalue weighted by molar-refractivity contribution is -0.138. The number of ether oxygens (including phenoxy) is 1. The van der Waals surface area contributed by atoms with Gasteiger partial charge in [0.15, 0.2) is 0 Å². The Bertz CT molecular complexity index is 827. The first-order valence-corrected chi connectivity index (χ1v) is 8.01. The van der Waals surface area contributed by atoms with E-state index in [4.69, 9.17) is 15.6 Å². The molecule has 0 aliphatic rings. The van der Waals surface area contributed by atoms with Crippen LogP contribution in [-0.4, -0.2) is 11.1 Å². The fraction of sp³-hybridized carbons (Fsp3) is 0.0952. The smallest absolute Gasteiger partial charge is 0.325 e. The van der Waals surface area contributed by atoms with Crippen molar-refractivity contribution in [1.29, 1.82) is 0 Å². The summed E-state index contributed by atoms with van der Waals surface area (Å²) in [6.07, 6.45) is 0.878. The van der Waals surface area contributed by atoms with Crippen molar-refractivity contribution in [3.63, 3.8) is 0 Å². The van der Waals surface area contributed by atoms with Crippen LogP contribution in [-0.2, 0) is 11.2 Å². The van der Waals surface area contributed by atoms with Crippen LogP contribution in [0.15, 0.2) is 78.9 Å². The van der Waals surface area contributed by atoms with Gasteiger partial charge in [0, 0.05) is 0 Å². The highest BCUT2D eigenvalue weighted by Crippen LogP contribution is 2.24. The lowest BCUT2D eigenvalue weighted by Gasteiger charge is -2.10. The number of rotatable bonds is 6. The van der Waals surface area contributed by atoms with Crippen molar-refractivity contribution >= 4 is 5.97 Å². The highest BCUT2D eigenvalue weighted by molar-refractivity contribution is 5.75. The summed E-state index contributed by atoms with van der Waals surface area (Å²) < 4.78 is 5.79. The summed E-state index contributed by atoms with van der Waals surface area (Å²) in [6.45, 7) is 0. The summed E-state index contributed by atoms with van der Waals surface area (Å²) in [6, 6.07) is 24.0. The Kier molecular flexibility index (Phi) is 5.11. The van der Waals surface area contributed by atoms with Crippen molar-refractivity contribution in [2.24, 2.45) is 5.73 Å². The number of nitrogens with two attached hydrogens (primary N) is 1. The predicted molar refractivity (Wildman–Crippen MR) is 96.8 cm³/mol. The fourth-order valence-corrected chi connectivity index (χ4v) is 2.53. The van der Waals surface area contributed by atoms with Gasteiger partial charge in [0.25, 0.3) is 0 Å². The third kappa shape index (κ3) is 4.46. The monoisotopic (exact) mass is 333 g/mol. The Labute approximate surface area is 146 Å². The third-order valence-corrected chi connectivity index (χ3v) is 3.92. The van der Waals surface area contributed by atoms with Gasteiger partial charge < -0.3 is 15.6 Å². The molecule has 1 unspecified atom stereocenters. The molecule has 25 heavy (non-hydrogen) atoms. The average molecular weight is 333 g/mol. The van der Waals surface area contributed by atoms with Gasteiger partial charge in [-0.25, -0.2) is 0 Å². The summed E-state index contributed by atoms with van der Waals surface area (Å²) in [7, 11) is 0. The molecule has 0 saturated carbocycles. The summed E-state index contributed by atoms with van der Waals surface area (Å²) in [5, 5.41) is 8.92. The molecular formula is C21H19NO3. The van der Waals surface area contributed by atoms with E-state index in [-0.39, 0.29) is 0 Å². The van der Waals surface area contributed by atoms with Gasteiger partial charge in [-0.2, -0.15) is 0 Å². The largest absolute Gasteiger partial charge is 0.480 e. The van der Waals surface area contributed by atoms with E-state index in [2.05, 4.69) is 12.1 Å². The molecule has 0 aromatic heterocycles. The van der Waals surface area contributed by atoms with E-state index in [1.807, 2.05) is 42.5 Å². The normalized spacial score (nSPS) is 11.7. The molecule has 4 heteroatoms. The third-order valence-electron chi connectivity index (χ3n) is 3.92. The van der Waals surface area contributed by atoms with Crippen LogP contribution in [0, 0.1) is 0 Å². The van der Waals surface area contributed by atoms with Gasteiger partial charge >= 0.3 is 5.97 Å². The second-order valence-corrected chi connectivity index (χ2v) is 5.79. The molecule has 0 spiro atoms. The Hall–Kier alpha value is -3.11. The molecule has 0 fully saturated rings. The maximum Gasteiger partial charge on any atom is 0.325 e. The van der Waals surface area contributed by atoms with E-state index in [0.29, 0.717) is 11.3 Å². The Balaban J connectivity index is 1.64. The van der Waals surface area contributed by atoms with E-state index in [9.17, 15) is 4.79 Å². The Morgan fingerprint density at radius 2 is 1.36 bits per heavy atom. The zero-order valence-electron chi connectivity index (χ0n) is 13.6. The number of benzene rings is 3. The standard InChI is InChI=1S/C21H19NO3/c22-20(21(23)24)17-8-12-19(13-9-17)25-18-10-6-16(7-11-18)14-15-4-2-1-3-5-15/h1-13,20H,14,22H2,(H,23,24). The lowest BCUT2D eigenvalue weighted by atomic mass is 10.1. The lowest BCUT2D eigenvalue weighted by Crippen LogP contribution is -2.20. The molecule has 126 valence electrons. The molecule has 0 aliphatic carbocycles. The van der Waals surface area contributed by atoms with Crippen molar-refractivity contribution in [2.75, 3.05) is 0 Å². The van der Waals surface area contributed by atoms with Crippen molar-refractivity contribution in [3.8, 4) is 11.5 Å². The molecule has 3 N–H and O–H groups in total. The molecule has 3 aromatic carbocycles. The summed E-state index contributed by atoms with van der Waals surface area (Å²) >= 11 is 0. The second-order valence-electron chi connectivity index (χ2n) is 5.79. The van der Waals surface area contributed by atoms with Gasteiger partial charge in [0.1, 0.15) is 17.5 Å². The number of carbonyl (C=O) groups is 1. The van der Waals surface area contributed by atoms with E-state index >= 15 is 0 Å². The van der Waals surface area contributed by atoms with Crippen LogP contribution >= 0.6 is 0 Å². The van der Waals surface area contributed by atoms with Crippen LogP contribution in [0.1, 0.15) is 22.7 Å². The van der Waals surface area contributed by atoms with E-state index in [0.717, 1.165) is 12.2 Å². The first-order chi connectivity index (χ1) is 12.1. The van der Waals surface area contributed by atoms with Gasteiger partial charge in [-0.15, -0.1) is 0 Å². The molecule has 3 aromatic rings. The van der Waals surface area contributed by atoms with Gasteiger partial charge in [0.05, 0.1) is 0 Å². The van der Waals surface area contributed by atoms with Crippen LogP contribution in [0.3, 0.4) is 0 Å². The predicted octanol–water partition coefficient (Wildman–Crippen LogP) is 4.15. The quantitative estimate of drug-likeness (QED) is 0.710. The van der Waals surface area contributed by atoms with E-state index in [1.54, 1.807) is 24.3 Å². The molecule has 0 saturated heterocycles. The maximum atomic E-state index is 10.9. The average Bonchev–Trinajstić information content (AvgIpc) is 2.64. The van der Waals surface area contributed by atoms with Crippen LogP contribution in [0.25, 0.3) is 0 Å². The minimum Gasteiger partial charge on any atom is -0.480 e. The molecule has 0 aliphatic heterocycles. The minimum atomic E-state index is -1.05. The minimum absolute atomic E-state index is 0.540. The molecule has 0 radical (unpaired) electrons. The Morgan fingerprint density at radius 3 is 1.92 bits per heavy atom. The van der Waals surface area contributed by atoms with Crippen LogP contribution in [0.5, 0.6) is 11.5 Å². The number of hydrogen-bond acceptors (Lipinski definition) is 3. The van der Waals surface area contributed by atoms with Crippen LogP contribution in [0.4, 0.5) is 0 Å². The zero-order valence-corrected chi connectivity index (χ0v) is 13.6. The highest BCUT2D eigenvalue weighted by Gasteiger charge is 2.13. The van der Waals surface area contributed by atoms with Crippen molar-refractivity contribution in [2.45, 2.75) is 12.5 Å². The topological polar surface area (TPSA) is 72.6 Å². The summed E-state index contributed by atoms with van der Waals surface area (Å²) in [5.41, 5.74) is 8.59. The van der Waals surface area contributed by atoms with Crippen LogP contribution < -0.4 is 10.5 Å². The number of carboxylic acids is 1. The molecule has 3 rings (SSSR count). The van der Waals surface area contributed by atoms with Gasteiger partial charge in [-0.05, 0) is 47.4 Å². The molecular weight excluding hydrogens is 314 g/mol. The highest BCUT2D eigenvalue weighted by atomic mass is 16.5. The van der Waals surface area contributed by atoms with Crippen molar-refractivity contribution < 1.29 is 14.6 Å². The Morgan fingerprint density at radius 1 is 0.840 bits per heavy atom. The zero-order chi connectivity index (χ0) is 17.6. The van der Waals surface area contributed by atoms with Gasteiger partial charge in [-0.3, -0.25) is 4.79 Å². The number of aliphatic carboxylic acids is 1. The second kappa shape index (κ2) is 7.64. The van der Waals surface area contributed by atoms with Crippen molar-refractivity contribution in [3.05, 3.63) is 95.6 Å².